The number of aryl methyl sites for hydroxylation is 3. The van der Waals surface area contributed by atoms with Crippen molar-refractivity contribution in [3.8, 4) is 0 Å². The van der Waals surface area contributed by atoms with E-state index in [4.69, 9.17) is 0 Å². The summed E-state index contributed by atoms with van der Waals surface area (Å²) in [4.78, 5) is 0. The minimum absolute atomic E-state index is 0.258. The van der Waals surface area contributed by atoms with Crippen LogP contribution in [0.2, 0.25) is 0 Å². The van der Waals surface area contributed by atoms with Crippen molar-refractivity contribution in [1.82, 2.24) is 0 Å². The highest BCUT2D eigenvalue weighted by atomic mass is 14.9. The molecule has 2 aromatic rings. The average molecular weight is 346 g/mol. The van der Waals surface area contributed by atoms with E-state index in [9.17, 15) is 0 Å². The van der Waals surface area contributed by atoms with E-state index in [2.05, 4.69) is 96.3 Å². The molecule has 0 radical (unpaired) electrons. The van der Waals surface area contributed by atoms with Gasteiger partial charge in [-0.05, 0) is 76.3 Å². The normalized spacial score (nSPS) is 18.1. The lowest BCUT2D eigenvalue weighted by atomic mass is 9.87. The number of nitrogens with one attached hydrogen (secondary N) is 1. The second-order valence-corrected chi connectivity index (χ2v) is 7.90. The highest BCUT2D eigenvalue weighted by molar-refractivity contribution is 5.60. The molecule has 1 aliphatic rings. The van der Waals surface area contributed by atoms with Gasteiger partial charge in [0.25, 0.3) is 0 Å². The fraction of sp³-hybridized carbons (Fsp3) is 0.360. The first kappa shape index (κ1) is 18.5. The molecule has 0 spiro atoms. The van der Waals surface area contributed by atoms with Crippen LogP contribution in [0.3, 0.4) is 0 Å². The van der Waals surface area contributed by atoms with Gasteiger partial charge in [0.1, 0.15) is 0 Å². The Kier molecular flexibility index (Phi) is 5.09. The second kappa shape index (κ2) is 7.15. The molecule has 0 heterocycles. The number of benzene rings is 2. The van der Waals surface area contributed by atoms with Crippen LogP contribution in [0.1, 0.15) is 67.5 Å². The van der Waals surface area contributed by atoms with Gasteiger partial charge >= 0.3 is 0 Å². The van der Waals surface area contributed by atoms with Crippen LogP contribution in [0, 0.1) is 20.8 Å². The van der Waals surface area contributed by atoms with Gasteiger partial charge in [0.05, 0.1) is 0 Å². The van der Waals surface area contributed by atoms with Crippen LogP contribution >= 0.6 is 0 Å². The third kappa shape index (κ3) is 3.35. The topological polar surface area (TPSA) is 12.0 Å². The molecule has 1 aliphatic carbocycles. The minimum atomic E-state index is 0.258. The van der Waals surface area contributed by atoms with Crippen molar-refractivity contribution in [2.24, 2.45) is 0 Å². The van der Waals surface area contributed by atoms with Gasteiger partial charge in [0, 0.05) is 17.6 Å². The quantitative estimate of drug-likeness (QED) is 0.619. The zero-order valence-electron chi connectivity index (χ0n) is 17.2. The lowest BCUT2D eigenvalue weighted by molar-refractivity contribution is 0.842. The van der Waals surface area contributed by atoms with E-state index in [1.165, 1.54) is 50.2 Å². The van der Waals surface area contributed by atoms with Gasteiger partial charge in [-0.1, -0.05) is 59.2 Å². The first-order valence-electron chi connectivity index (χ1n) is 9.59. The number of hydrogen-bond acceptors (Lipinski definition) is 1. The molecule has 0 fully saturated rings. The molecule has 1 nitrogen and oxygen atoms in total. The summed E-state index contributed by atoms with van der Waals surface area (Å²) in [5.74, 6) is 0.399. The molecule has 0 saturated heterocycles. The maximum Gasteiger partial charge on any atom is 0.0488 e. The van der Waals surface area contributed by atoms with Gasteiger partial charge < -0.3 is 5.32 Å². The first-order valence-corrected chi connectivity index (χ1v) is 9.59. The van der Waals surface area contributed by atoms with Crippen LogP contribution in [0.4, 0.5) is 5.69 Å². The molecule has 0 amide bonds. The molecule has 2 aromatic carbocycles. The molecule has 1 N–H and O–H groups in total. The van der Waals surface area contributed by atoms with E-state index in [-0.39, 0.29) is 6.04 Å². The minimum Gasteiger partial charge on any atom is -0.378 e. The molecular weight excluding hydrogens is 314 g/mol. The van der Waals surface area contributed by atoms with E-state index >= 15 is 0 Å². The Hall–Kier alpha value is -2.28. The maximum atomic E-state index is 3.79. The molecule has 0 aliphatic heterocycles. The van der Waals surface area contributed by atoms with E-state index in [1.54, 1.807) is 0 Å². The SMILES string of the molecule is CC1=CC(c2ccccc2C(C)Nc2c(C)cc(C)cc2C)C(C)=C1C. The number of rotatable bonds is 4. The lowest BCUT2D eigenvalue weighted by Crippen LogP contribution is -2.12. The van der Waals surface area contributed by atoms with Crippen molar-refractivity contribution in [2.45, 2.75) is 60.4 Å². The van der Waals surface area contributed by atoms with Crippen LogP contribution in [0.15, 0.2) is 59.2 Å². The van der Waals surface area contributed by atoms with Crippen LogP contribution < -0.4 is 5.32 Å². The Morgan fingerprint density at radius 1 is 0.885 bits per heavy atom. The molecule has 136 valence electrons. The van der Waals surface area contributed by atoms with Crippen LogP contribution in [-0.4, -0.2) is 0 Å². The van der Waals surface area contributed by atoms with Crippen molar-refractivity contribution in [3.63, 3.8) is 0 Å². The number of allylic oxidation sites excluding steroid dienone is 4. The summed E-state index contributed by atoms with van der Waals surface area (Å²) >= 11 is 0. The lowest BCUT2D eigenvalue weighted by Gasteiger charge is -2.24. The van der Waals surface area contributed by atoms with Crippen molar-refractivity contribution >= 4 is 5.69 Å². The van der Waals surface area contributed by atoms with Gasteiger partial charge in [-0.2, -0.15) is 0 Å². The summed E-state index contributed by atoms with van der Waals surface area (Å²) in [6.07, 6.45) is 2.42. The summed E-state index contributed by atoms with van der Waals surface area (Å²) in [5, 5.41) is 3.79. The Labute approximate surface area is 158 Å². The molecular formula is C25H31N. The summed E-state index contributed by atoms with van der Waals surface area (Å²) in [6.45, 7) is 15.6. The monoisotopic (exact) mass is 345 g/mol. The molecule has 2 atom stereocenters. The molecule has 26 heavy (non-hydrogen) atoms. The Balaban J connectivity index is 1.97. The van der Waals surface area contributed by atoms with Crippen LogP contribution in [-0.2, 0) is 0 Å². The highest BCUT2D eigenvalue weighted by Gasteiger charge is 2.24. The van der Waals surface area contributed by atoms with Crippen molar-refractivity contribution in [2.75, 3.05) is 5.32 Å². The predicted molar refractivity (Wildman–Crippen MR) is 114 cm³/mol. The van der Waals surface area contributed by atoms with Gasteiger partial charge in [-0.15, -0.1) is 0 Å². The van der Waals surface area contributed by atoms with E-state index in [0.29, 0.717) is 5.92 Å². The highest BCUT2D eigenvalue weighted by Crippen LogP contribution is 2.40. The summed E-state index contributed by atoms with van der Waals surface area (Å²) in [5.41, 5.74) is 12.3. The smallest absolute Gasteiger partial charge is 0.0488 e. The van der Waals surface area contributed by atoms with Gasteiger partial charge in [-0.3, -0.25) is 0 Å². The van der Waals surface area contributed by atoms with E-state index in [1.807, 2.05) is 0 Å². The van der Waals surface area contributed by atoms with Crippen molar-refractivity contribution in [1.29, 1.82) is 0 Å². The average Bonchev–Trinajstić information content (AvgIpc) is 2.85. The van der Waals surface area contributed by atoms with Gasteiger partial charge in [0.15, 0.2) is 0 Å². The Morgan fingerprint density at radius 2 is 1.50 bits per heavy atom. The summed E-state index contributed by atoms with van der Waals surface area (Å²) in [7, 11) is 0. The van der Waals surface area contributed by atoms with E-state index in [0.717, 1.165) is 0 Å². The third-order valence-electron chi connectivity index (χ3n) is 5.90. The third-order valence-corrected chi connectivity index (χ3v) is 5.90. The number of hydrogen-bond donors (Lipinski definition) is 1. The van der Waals surface area contributed by atoms with E-state index < -0.39 is 0 Å². The van der Waals surface area contributed by atoms with Gasteiger partial charge in [0.2, 0.25) is 0 Å². The zero-order valence-corrected chi connectivity index (χ0v) is 17.2. The Morgan fingerprint density at radius 3 is 2.08 bits per heavy atom. The van der Waals surface area contributed by atoms with Crippen molar-refractivity contribution in [3.05, 3.63) is 87.0 Å². The molecule has 0 saturated carbocycles. The van der Waals surface area contributed by atoms with Gasteiger partial charge in [-0.25, -0.2) is 0 Å². The van der Waals surface area contributed by atoms with Crippen LogP contribution in [0.5, 0.6) is 0 Å². The van der Waals surface area contributed by atoms with Crippen molar-refractivity contribution < 1.29 is 0 Å². The molecule has 0 bridgehead atoms. The van der Waals surface area contributed by atoms with Crippen LogP contribution in [0.25, 0.3) is 0 Å². The fourth-order valence-corrected chi connectivity index (χ4v) is 4.26. The predicted octanol–water partition coefficient (Wildman–Crippen LogP) is 7.16. The summed E-state index contributed by atoms with van der Waals surface area (Å²) < 4.78 is 0. The molecule has 0 aromatic heterocycles. The number of anilines is 1. The Bertz CT molecular complexity index is 875. The second-order valence-electron chi connectivity index (χ2n) is 7.90. The standard InChI is InChI=1S/C25H31N/c1-15-12-17(3)25(18(4)13-15)26-21(7)22-10-8-9-11-23(22)24-14-16(2)19(5)20(24)6/h8-14,21,24,26H,1-7H3. The fourth-order valence-electron chi connectivity index (χ4n) is 4.26. The summed E-state index contributed by atoms with van der Waals surface area (Å²) in [6, 6.07) is 13.7. The molecule has 2 unspecified atom stereocenters. The first-order chi connectivity index (χ1) is 12.3. The maximum absolute atomic E-state index is 3.79. The zero-order chi connectivity index (χ0) is 19.0. The molecule has 1 heteroatoms. The molecule has 3 rings (SSSR count). The largest absolute Gasteiger partial charge is 0.378 e.